The van der Waals surface area contributed by atoms with E-state index in [9.17, 15) is 9.59 Å². The van der Waals surface area contributed by atoms with Crippen LogP contribution in [0.5, 0.6) is 0 Å². The number of thioether (sulfide) groups is 1. The van der Waals surface area contributed by atoms with Crippen LogP contribution >= 0.6 is 11.8 Å². The molecule has 0 saturated carbocycles. The lowest BCUT2D eigenvalue weighted by Gasteiger charge is -2.11. The Morgan fingerprint density at radius 3 is 2.75 bits per heavy atom. The fourth-order valence-electron chi connectivity index (χ4n) is 2.57. The number of carbonyl (C=O) groups excluding carboxylic acids is 1. The highest BCUT2D eigenvalue weighted by Gasteiger charge is 2.18. The van der Waals surface area contributed by atoms with Gasteiger partial charge in [-0.05, 0) is 36.2 Å². The molecule has 146 valence electrons. The van der Waals surface area contributed by atoms with Crippen LogP contribution in [0, 0.1) is 5.92 Å². The third kappa shape index (κ3) is 4.80. The van der Waals surface area contributed by atoms with Gasteiger partial charge in [0.2, 0.25) is 5.91 Å². The van der Waals surface area contributed by atoms with Crippen LogP contribution in [0.3, 0.4) is 0 Å². The van der Waals surface area contributed by atoms with Crippen molar-refractivity contribution in [3.05, 3.63) is 48.2 Å². The molecule has 0 atom stereocenters. The fraction of sp³-hybridized carbons (Fsp3) is 0.263. The van der Waals surface area contributed by atoms with Gasteiger partial charge in [-0.3, -0.25) is 9.36 Å². The van der Waals surface area contributed by atoms with Gasteiger partial charge in [0.15, 0.2) is 16.7 Å². The molecule has 3 rings (SSSR count). The van der Waals surface area contributed by atoms with E-state index in [0.717, 1.165) is 0 Å². The van der Waals surface area contributed by atoms with Crippen molar-refractivity contribution in [3.63, 3.8) is 0 Å². The molecule has 0 aliphatic carbocycles. The zero-order valence-electron chi connectivity index (χ0n) is 15.5. The Hall–Kier alpha value is -3.07. The number of aromatic carboxylic acids is 1. The first kappa shape index (κ1) is 19.7. The van der Waals surface area contributed by atoms with E-state index in [-0.39, 0.29) is 17.2 Å². The molecule has 0 spiro atoms. The van der Waals surface area contributed by atoms with Crippen LogP contribution in [0.15, 0.2) is 52.2 Å². The Labute approximate surface area is 166 Å². The van der Waals surface area contributed by atoms with E-state index in [1.807, 2.05) is 10.6 Å². The zero-order valence-corrected chi connectivity index (χ0v) is 16.3. The predicted molar refractivity (Wildman–Crippen MR) is 105 cm³/mol. The molecule has 0 fully saturated rings. The molecule has 0 unspecified atom stereocenters. The summed E-state index contributed by atoms with van der Waals surface area (Å²) in [5.41, 5.74) is 0.552. The van der Waals surface area contributed by atoms with E-state index in [4.69, 9.17) is 9.52 Å². The number of carbonyl (C=O) groups is 2. The molecule has 0 aliphatic rings. The Morgan fingerprint density at radius 1 is 1.25 bits per heavy atom. The van der Waals surface area contributed by atoms with Crippen molar-refractivity contribution in [3.8, 4) is 11.6 Å². The highest BCUT2D eigenvalue weighted by atomic mass is 32.2. The van der Waals surface area contributed by atoms with E-state index < -0.39 is 5.97 Å². The number of nitrogens with zero attached hydrogens (tertiary/aromatic N) is 3. The summed E-state index contributed by atoms with van der Waals surface area (Å²) < 4.78 is 7.37. The number of hydrogen-bond acceptors (Lipinski definition) is 6. The van der Waals surface area contributed by atoms with Gasteiger partial charge in [-0.1, -0.05) is 31.7 Å². The molecule has 28 heavy (non-hydrogen) atoms. The Balaban J connectivity index is 1.69. The molecule has 0 radical (unpaired) electrons. The lowest BCUT2D eigenvalue weighted by Crippen LogP contribution is -2.15. The SMILES string of the molecule is CC(C)Cn1c(SCC(=O)Nc2cccc(C(=O)O)c2)nnc1-c1ccco1. The minimum absolute atomic E-state index is 0.116. The lowest BCUT2D eigenvalue weighted by molar-refractivity contribution is -0.113. The van der Waals surface area contributed by atoms with Crippen LogP contribution in [-0.4, -0.2) is 37.5 Å². The van der Waals surface area contributed by atoms with Gasteiger partial charge in [-0.25, -0.2) is 4.79 Å². The molecule has 3 aromatic rings. The normalized spacial score (nSPS) is 11.0. The lowest BCUT2D eigenvalue weighted by atomic mass is 10.2. The first-order valence-electron chi connectivity index (χ1n) is 8.67. The molecule has 0 saturated heterocycles. The summed E-state index contributed by atoms with van der Waals surface area (Å²) in [5, 5.41) is 20.8. The second-order valence-electron chi connectivity index (χ2n) is 6.51. The van der Waals surface area contributed by atoms with Crippen LogP contribution in [0.4, 0.5) is 5.69 Å². The summed E-state index contributed by atoms with van der Waals surface area (Å²) in [4.78, 5) is 23.3. The van der Waals surface area contributed by atoms with Crippen LogP contribution in [0.1, 0.15) is 24.2 Å². The minimum Gasteiger partial charge on any atom is -0.478 e. The molecule has 0 bridgehead atoms. The predicted octanol–water partition coefficient (Wildman–Crippen LogP) is 3.62. The molecular formula is C19H20N4O4S. The topological polar surface area (TPSA) is 110 Å². The highest BCUT2D eigenvalue weighted by molar-refractivity contribution is 7.99. The average molecular weight is 400 g/mol. The zero-order chi connectivity index (χ0) is 20.1. The maximum Gasteiger partial charge on any atom is 0.335 e. The number of nitrogens with one attached hydrogen (secondary N) is 1. The van der Waals surface area contributed by atoms with E-state index in [0.29, 0.717) is 34.9 Å². The summed E-state index contributed by atoms with van der Waals surface area (Å²) in [6.45, 7) is 4.86. The van der Waals surface area contributed by atoms with Gasteiger partial charge in [0.1, 0.15) is 0 Å². The van der Waals surface area contributed by atoms with E-state index in [1.165, 1.54) is 23.9 Å². The summed E-state index contributed by atoms with van der Waals surface area (Å²) >= 11 is 1.26. The monoisotopic (exact) mass is 400 g/mol. The number of rotatable bonds is 8. The van der Waals surface area contributed by atoms with Gasteiger partial charge in [-0.2, -0.15) is 0 Å². The molecule has 2 N–H and O–H groups in total. The minimum atomic E-state index is -1.04. The summed E-state index contributed by atoms with van der Waals surface area (Å²) in [7, 11) is 0. The first-order chi connectivity index (χ1) is 13.4. The first-order valence-corrected chi connectivity index (χ1v) is 9.65. The van der Waals surface area contributed by atoms with Crippen LogP contribution in [0.2, 0.25) is 0 Å². The third-order valence-electron chi connectivity index (χ3n) is 3.73. The molecule has 9 heteroatoms. The Bertz CT molecular complexity index is 966. The second-order valence-corrected chi connectivity index (χ2v) is 7.45. The quantitative estimate of drug-likeness (QED) is 0.556. The van der Waals surface area contributed by atoms with Gasteiger partial charge in [0, 0.05) is 12.2 Å². The van der Waals surface area contributed by atoms with Crippen molar-refractivity contribution in [2.45, 2.75) is 25.5 Å². The maximum absolute atomic E-state index is 12.3. The molecular weight excluding hydrogens is 380 g/mol. The smallest absolute Gasteiger partial charge is 0.335 e. The Morgan fingerprint density at radius 2 is 2.07 bits per heavy atom. The van der Waals surface area contributed by atoms with Crippen molar-refractivity contribution in [2.75, 3.05) is 11.1 Å². The van der Waals surface area contributed by atoms with Gasteiger partial charge >= 0.3 is 5.97 Å². The second kappa shape index (κ2) is 8.75. The number of aromatic nitrogens is 3. The largest absolute Gasteiger partial charge is 0.478 e. The molecule has 0 aliphatic heterocycles. The van der Waals surface area contributed by atoms with Gasteiger partial charge in [0.05, 0.1) is 17.6 Å². The van der Waals surface area contributed by atoms with Crippen LogP contribution in [0.25, 0.3) is 11.6 Å². The van der Waals surface area contributed by atoms with Gasteiger partial charge < -0.3 is 14.8 Å². The van der Waals surface area contributed by atoms with Crippen molar-refractivity contribution < 1.29 is 19.1 Å². The average Bonchev–Trinajstić information content (AvgIpc) is 3.29. The highest BCUT2D eigenvalue weighted by Crippen LogP contribution is 2.25. The number of hydrogen-bond donors (Lipinski definition) is 2. The van der Waals surface area contributed by atoms with Crippen molar-refractivity contribution in [2.24, 2.45) is 5.92 Å². The number of carboxylic acid groups (broad SMARTS) is 1. The number of furan rings is 1. The fourth-order valence-corrected chi connectivity index (χ4v) is 3.32. The van der Waals surface area contributed by atoms with Crippen LogP contribution < -0.4 is 5.32 Å². The van der Waals surface area contributed by atoms with Crippen LogP contribution in [-0.2, 0) is 11.3 Å². The summed E-state index contributed by atoms with van der Waals surface area (Å²) in [6.07, 6.45) is 1.58. The number of benzene rings is 1. The molecule has 1 amide bonds. The van der Waals surface area contributed by atoms with Crippen molar-refractivity contribution in [1.29, 1.82) is 0 Å². The summed E-state index contributed by atoms with van der Waals surface area (Å²) in [5.74, 6) is 0.414. The third-order valence-corrected chi connectivity index (χ3v) is 4.70. The standard InChI is InChI=1S/C19H20N4O4S/c1-12(2)10-23-17(15-7-4-8-27-15)21-22-19(23)28-11-16(24)20-14-6-3-5-13(9-14)18(25)26/h3-9,12H,10-11H2,1-2H3,(H,20,24)(H,25,26). The maximum atomic E-state index is 12.3. The van der Waals surface area contributed by atoms with E-state index in [2.05, 4.69) is 29.4 Å². The number of amides is 1. The number of carboxylic acids is 1. The molecule has 1 aromatic carbocycles. The summed E-state index contributed by atoms with van der Waals surface area (Å²) in [6, 6.07) is 9.72. The van der Waals surface area contributed by atoms with E-state index in [1.54, 1.807) is 24.5 Å². The molecule has 2 aromatic heterocycles. The van der Waals surface area contributed by atoms with Gasteiger partial charge in [-0.15, -0.1) is 10.2 Å². The number of anilines is 1. The molecule has 8 nitrogen and oxygen atoms in total. The van der Waals surface area contributed by atoms with Crippen molar-refractivity contribution in [1.82, 2.24) is 14.8 Å². The van der Waals surface area contributed by atoms with Crippen molar-refractivity contribution >= 4 is 29.3 Å². The van der Waals surface area contributed by atoms with E-state index >= 15 is 0 Å². The molecule has 2 heterocycles. The van der Waals surface area contributed by atoms with Gasteiger partial charge in [0.25, 0.3) is 0 Å². The Kier molecular flexibility index (Phi) is 6.15.